The van der Waals surface area contributed by atoms with Crippen LogP contribution in [0.4, 0.5) is 4.79 Å². The summed E-state index contributed by atoms with van der Waals surface area (Å²) in [4.78, 5) is 14.9. The number of hydrogen-bond donors (Lipinski definition) is 0. The van der Waals surface area contributed by atoms with Crippen LogP contribution >= 0.6 is 0 Å². The van der Waals surface area contributed by atoms with Gasteiger partial charge in [0, 0.05) is 64.7 Å². The number of carbonyl (C=O) groups excluding carboxylic acids is 1. The summed E-state index contributed by atoms with van der Waals surface area (Å²) >= 11 is 0. The van der Waals surface area contributed by atoms with Gasteiger partial charge in [-0.1, -0.05) is 6.07 Å². The minimum absolute atomic E-state index is 0.379. The average molecular weight is 386 g/mol. The van der Waals surface area contributed by atoms with Crippen LogP contribution < -0.4 is 0 Å². The molecule has 0 saturated carbocycles. The monoisotopic (exact) mass is 386 g/mol. The zero-order valence-electron chi connectivity index (χ0n) is 17.4. The standard InChI is InChI=1S/C22H30N2O4/c1-16-13-18-14-17(15-23-11-9-22(26-5,27-6)10-12-23)7-8-19(18)24(16)20(25)28-21(2,3)4/h1,7-8,13-14H,9-12,15H2,2-6H3. The number of benzene rings is 1. The molecule has 0 aliphatic carbocycles. The number of fused-ring (bicyclic) bond motifs is 1. The average Bonchev–Trinajstić information content (AvgIpc) is 2.96. The number of nitrogens with zero attached hydrogens (tertiary/aromatic N) is 2. The van der Waals surface area contributed by atoms with Gasteiger partial charge in [-0.25, -0.2) is 9.36 Å². The third kappa shape index (κ3) is 4.40. The number of aromatic nitrogens is 1. The summed E-state index contributed by atoms with van der Waals surface area (Å²) in [7, 11) is 3.40. The first-order chi connectivity index (χ1) is 13.2. The summed E-state index contributed by atoms with van der Waals surface area (Å²) in [6, 6.07) is 7.88. The molecule has 0 spiro atoms. The predicted octanol–water partition coefficient (Wildman–Crippen LogP) is 4.07. The molecule has 0 bridgehead atoms. The second-order valence-corrected chi connectivity index (χ2v) is 8.37. The lowest BCUT2D eigenvalue weighted by Gasteiger charge is -2.39. The lowest BCUT2D eigenvalue weighted by Crippen LogP contribution is -2.46. The maximum atomic E-state index is 12.5. The molecule has 0 atom stereocenters. The van der Waals surface area contributed by atoms with Crippen LogP contribution in [0.15, 0.2) is 24.3 Å². The van der Waals surface area contributed by atoms with E-state index in [9.17, 15) is 4.79 Å². The summed E-state index contributed by atoms with van der Waals surface area (Å²) in [5.74, 6) is -0.459. The molecule has 0 amide bonds. The van der Waals surface area contributed by atoms with Gasteiger partial charge in [0.05, 0.1) is 5.52 Å². The Kier molecular flexibility index (Phi) is 5.84. The Bertz CT molecular complexity index is 836. The van der Waals surface area contributed by atoms with Crippen LogP contribution in [0, 0.1) is 6.92 Å². The SMILES string of the molecule is [CH]c1cc2cc(CN3CCC(OC)(OC)CC3)ccc2n1C(=O)OC(C)(C)C. The number of hydrogen-bond acceptors (Lipinski definition) is 5. The van der Waals surface area contributed by atoms with Gasteiger partial charge in [0.25, 0.3) is 0 Å². The molecule has 2 heterocycles. The van der Waals surface area contributed by atoms with Crippen LogP contribution in [0.3, 0.4) is 0 Å². The fraction of sp³-hybridized carbons (Fsp3) is 0.545. The Balaban J connectivity index is 1.75. The topological polar surface area (TPSA) is 52.9 Å². The van der Waals surface area contributed by atoms with Gasteiger partial charge in [-0.3, -0.25) is 4.90 Å². The first-order valence-electron chi connectivity index (χ1n) is 9.62. The summed E-state index contributed by atoms with van der Waals surface area (Å²) in [5.41, 5.74) is 1.74. The molecule has 28 heavy (non-hydrogen) atoms. The van der Waals surface area contributed by atoms with Crippen molar-refractivity contribution in [3.63, 3.8) is 0 Å². The largest absolute Gasteiger partial charge is 0.443 e. The van der Waals surface area contributed by atoms with Crippen LogP contribution in [0.25, 0.3) is 10.9 Å². The molecule has 152 valence electrons. The van der Waals surface area contributed by atoms with Crippen molar-refractivity contribution >= 4 is 17.0 Å². The van der Waals surface area contributed by atoms with Crippen molar-refractivity contribution in [3.8, 4) is 0 Å². The highest BCUT2D eigenvalue weighted by molar-refractivity contribution is 5.91. The van der Waals surface area contributed by atoms with Gasteiger partial charge in [-0.2, -0.15) is 0 Å². The smallest absolute Gasteiger partial charge is 0.419 e. The lowest BCUT2D eigenvalue weighted by atomic mass is 10.0. The highest BCUT2D eigenvalue weighted by Crippen LogP contribution is 2.28. The molecule has 1 saturated heterocycles. The number of piperidine rings is 1. The second-order valence-electron chi connectivity index (χ2n) is 8.37. The van der Waals surface area contributed by atoms with Crippen molar-refractivity contribution in [3.05, 3.63) is 42.4 Å². The van der Waals surface area contributed by atoms with Crippen LogP contribution in [-0.4, -0.2) is 54.3 Å². The molecule has 1 aliphatic heterocycles. The molecule has 1 aromatic carbocycles. The third-order valence-corrected chi connectivity index (χ3v) is 5.24. The minimum Gasteiger partial charge on any atom is -0.443 e. The number of likely N-dealkylation sites (tertiary alicyclic amines) is 1. The highest BCUT2D eigenvalue weighted by Gasteiger charge is 2.34. The fourth-order valence-corrected chi connectivity index (χ4v) is 3.70. The van der Waals surface area contributed by atoms with Crippen molar-refractivity contribution in [2.75, 3.05) is 27.3 Å². The van der Waals surface area contributed by atoms with Crippen LogP contribution in [-0.2, 0) is 20.8 Å². The molecular formula is C22H30N2O4. The first kappa shape index (κ1) is 20.8. The maximum Gasteiger partial charge on any atom is 0.419 e. The number of ether oxygens (including phenoxy) is 3. The zero-order chi connectivity index (χ0) is 20.5. The van der Waals surface area contributed by atoms with Crippen molar-refractivity contribution in [2.24, 2.45) is 0 Å². The molecule has 0 unspecified atom stereocenters. The van der Waals surface area contributed by atoms with Crippen LogP contribution in [0.5, 0.6) is 0 Å². The molecule has 2 aromatic rings. The van der Waals surface area contributed by atoms with Crippen molar-refractivity contribution in [1.29, 1.82) is 0 Å². The molecule has 3 rings (SSSR count). The first-order valence-corrected chi connectivity index (χ1v) is 9.62. The van der Waals surface area contributed by atoms with Crippen molar-refractivity contribution in [1.82, 2.24) is 9.47 Å². The fourth-order valence-electron chi connectivity index (χ4n) is 3.70. The van der Waals surface area contributed by atoms with Gasteiger partial charge in [0.1, 0.15) is 5.60 Å². The van der Waals surface area contributed by atoms with Gasteiger partial charge in [0.2, 0.25) is 0 Å². The zero-order valence-corrected chi connectivity index (χ0v) is 17.4. The third-order valence-electron chi connectivity index (χ3n) is 5.24. The molecular weight excluding hydrogens is 356 g/mol. The number of carbonyl (C=O) groups is 1. The normalized spacial score (nSPS) is 17.8. The maximum absolute atomic E-state index is 12.5. The lowest BCUT2D eigenvalue weighted by molar-refractivity contribution is -0.229. The Labute approximate surface area is 167 Å². The summed E-state index contributed by atoms with van der Waals surface area (Å²) < 4.78 is 18.0. The molecule has 0 N–H and O–H groups in total. The van der Waals surface area contributed by atoms with Gasteiger partial charge in [-0.05, 0) is 44.5 Å². The van der Waals surface area contributed by atoms with Gasteiger partial charge < -0.3 is 14.2 Å². The van der Waals surface area contributed by atoms with Gasteiger partial charge in [-0.15, -0.1) is 0 Å². The van der Waals surface area contributed by atoms with E-state index in [-0.39, 0.29) is 0 Å². The van der Waals surface area contributed by atoms with E-state index in [2.05, 4.69) is 11.0 Å². The highest BCUT2D eigenvalue weighted by atomic mass is 16.7. The predicted molar refractivity (Wildman–Crippen MR) is 108 cm³/mol. The van der Waals surface area contributed by atoms with Crippen LogP contribution in [0.1, 0.15) is 44.9 Å². The van der Waals surface area contributed by atoms with E-state index >= 15 is 0 Å². The second kappa shape index (κ2) is 7.85. The van der Waals surface area contributed by atoms with E-state index in [0.717, 1.165) is 43.4 Å². The molecule has 1 fully saturated rings. The summed E-state index contributed by atoms with van der Waals surface area (Å²) in [6.07, 6.45) is 1.22. The van der Waals surface area contributed by atoms with Gasteiger partial charge in [0.15, 0.2) is 5.79 Å². The Hall–Kier alpha value is -1.89. The quantitative estimate of drug-likeness (QED) is 0.742. The van der Waals surface area contributed by atoms with Crippen molar-refractivity contribution < 1.29 is 19.0 Å². The Morgan fingerprint density at radius 1 is 1.14 bits per heavy atom. The Morgan fingerprint density at radius 2 is 1.79 bits per heavy atom. The van der Waals surface area contributed by atoms with E-state index in [1.165, 1.54) is 10.1 Å². The summed E-state index contributed by atoms with van der Waals surface area (Å²) in [6.45, 7) is 14.2. The molecule has 6 heteroatoms. The van der Waals surface area contributed by atoms with E-state index in [1.807, 2.05) is 39.0 Å². The number of rotatable bonds is 4. The van der Waals surface area contributed by atoms with Crippen molar-refractivity contribution in [2.45, 2.75) is 51.5 Å². The molecule has 1 aromatic heterocycles. The molecule has 1 aliphatic rings. The minimum atomic E-state index is -0.575. The van der Waals surface area contributed by atoms with Gasteiger partial charge >= 0.3 is 6.09 Å². The summed E-state index contributed by atoms with van der Waals surface area (Å²) in [5, 5.41) is 0.931. The van der Waals surface area contributed by atoms with E-state index < -0.39 is 17.5 Å². The van der Waals surface area contributed by atoms with E-state index in [4.69, 9.17) is 21.1 Å². The molecule has 2 radical (unpaired) electrons. The molecule has 6 nitrogen and oxygen atoms in total. The van der Waals surface area contributed by atoms with Crippen LogP contribution in [0.2, 0.25) is 0 Å². The van der Waals surface area contributed by atoms with E-state index in [0.29, 0.717) is 5.69 Å². The van der Waals surface area contributed by atoms with E-state index in [1.54, 1.807) is 14.2 Å². The number of methoxy groups -OCH3 is 2. The Morgan fingerprint density at radius 3 is 2.36 bits per heavy atom.